The number of likely N-dealkylation sites (tertiary alicyclic amines) is 1. The van der Waals surface area contributed by atoms with E-state index < -0.39 is 0 Å². The second kappa shape index (κ2) is 7.20. The number of methoxy groups -OCH3 is 1. The summed E-state index contributed by atoms with van der Waals surface area (Å²) in [5, 5.41) is 0. The Labute approximate surface area is 154 Å². The Morgan fingerprint density at radius 3 is 2.58 bits per heavy atom. The first kappa shape index (κ1) is 16.6. The number of carbonyl (C=O) groups excluding carboxylic acids is 1. The molecule has 1 aliphatic carbocycles. The second-order valence-electron chi connectivity index (χ2n) is 6.87. The fraction of sp³-hybridized carbons (Fsp3) is 0.261. The molecular formula is C23H23NO2. The predicted octanol–water partition coefficient (Wildman–Crippen LogP) is 4.67. The molecule has 0 N–H and O–H groups in total. The van der Waals surface area contributed by atoms with E-state index in [1.165, 1.54) is 0 Å². The Hall–Kier alpha value is -2.81. The number of nitrogens with zero attached hydrogens (tertiary/aromatic N) is 1. The summed E-state index contributed by atoms with van der Waals surface area (Å²) in [6.45, 7) is 0.629. The maximum absolute atomic E-state index is 13.3. The van der Waals surface area contributed by atoms with Crippen LogP contribution in [0, 0.1) is 5.92 Å². The van der Waals surface area contributed by atoms with Crippen LogP contribution in [0.5, 0.6) is 5.75 Å². The molecule has 2 aromatic carbocycles. The lowest BCUT2D eigenvalue weighted by atomic mass is 9.80. The third-order valence-electron chi connectivity index (χ3n) is 5.30. The molecule has 132 valence electrons. The van der Waals surface area contributed by atoms with Gasteiger partial charge < -0.3 is 9.64 Å². The van der Waals surface area contributed by atoms with Crippen molar-refractivity contribution in [2.24, 2.45) is 5.92 Å². The van der Waals surface area contributed by atoms with Crippen LogP contribution in [0.15, 0.2) is 78.4 Å². The van der Waals surface area contributed by atoms with Gasteiger partial charge in [-0.15, -0.1) is 0 Å². The third kappa shape index (κ3) is 3.17. The monoisotopic (exact) mass is 345 g/mol. The van der Waals surface area contributed by atoms with E-state index in [2.05, 4.69) is 42.5 Å². The molecule has 1 heterocycles. The highest BCUT2D eigenvalue weighted by atomic mass is 16.5. The van der Waals surface area contributed by atoms with E-state index in [0.29, 0.717) is 6.54 Å². The minimum Gasteiger partial charge on any atom is -0.497 e. The summed E-state index contributed by atoms with van der Waals surface area (Å²) in [7, 11) is 1.67. The van der Waals surface area contributed by atoms with E-state index >= 15 is 0 Å². The fourth-order valence-electron chi connectivity index (χ4n) is 3.92. The van der Waals surface area contributed by atoms with Gasteiger partial charge in [-0.3, -0.25) is 4.79 Å². The maximum atomic E-state index is 13.3. The molecule has 3 nitrogen and oxygen atoms in total. The zero-order valence-corrected chi connectivity index (χ0v) is 15.0. The van der Waals surface area contributed by atoms with Gasteiger partial charge in [-0.2, -0.15) is 0 Å². The van der Waals surface area contributed by atoms with Gasteiger partial charge in [-0.05, 0) is 36.1 Å². The summed E-state index contributed by atoms with van der Waals surface area (Å²) in [5.41, 5.74) is 3.27. The number of carbonyl (C=O) groups is 1. The Morgan fingerprint density at radius 2 is 1.85 bits per heavy atom. The van der Waals surface area contributed by atoms with Crippen LogP contribution in [0.3, 0.4) is 0 Å². The smallest absolute Gasteiger partial charge is 0.250 e. The number of piperidine rings is 1. The minimum atomic E-state index is 0.0681. The maximum Gasteiger partial charge on any atom is 0.250 e. The van der Waals surface area contributed by atoms with Crippen LogP contribution in [-0.4, -0.2) is 17.9 Å². The summed E-state index contributed by atoms with van der Waals surface area (Å²) in [6, 6.07) is 18.4. The molecule has 2 aromatic rings. The lowest BCUT2D eigenvalue weighted by Crippen LogP contribution is -2.42. The number of benzene rings is 2. The lowest BCUT2D eigenvalue weighted by Gasteiger charge is -2.41. The van der Waals surface area contributed by atoms with E-state index in [0.717, 1.165) is 35.3 Å². The molecule has 0 bridgehead atoms. The highest BCUT2D eigenvalue weighted by Crippen LogP contribution is 2.41. The quantitative estimate of drug-likeness (QED) is 0.754. The van der Waals surface area contributed by atoms with Crippen LogP contribution in [-0.2, 0) is 11.3 Å². The molecule has 2 atom stereocenters. The number of rotatable bonds is 4. The number of fused-ring (bicyclic) bond motifs is 1. The third-order valence-corrected chi connectivity index (χ3v) is 5.30. The Kier molecular flexibility index (Phi) is 4.61. The second-order valence-corrected chi connectivity index (χ2v) is 6.87. The minimum absolute atomic E-state index is 0.0681. The van der Waals surface area contributed by atoms with Crippen molar-refractivity contribution in [2.45, 2.75) is 25.4 Å². The molecule has 26 heavy (non-hydrogen) atoms. The molecule has 0 saturated carbocycles. The summed E-state index contributed by atoms with van der Waals surface area (Å²) in [6.07, 6.45) is 8.23. The van der Waals surface area contributed by atoms with Crippen molar-refractivity contribution in [3.63, 3.8) is 0 Å². The zero-order chi connectivity index (χ0) is 17.9. The van der Waals surface area contributed by atoms with Crippen LogP contribution in [0.2, 0.25) is 0 Å². The first-order chi connectivity index (χ1) is 12.8. The van der Waals surface area contributed by atoms with E-state index in [-0.39, 0.29) is 17.9 Å². The van der Waals surface area contributed by atoms with Gasteiger partial charge in [-0.25, -0.2) is 0 Å². The van der Waals surface area contributed by atoms with Gasteiger partial charge in [0, 0.05) is 18.0 Å². The summed E-state index contributed by atoms with van der Waals surface area (Å²) < 4.78 is 5.29. The van der Waals surface area contributed by atoms with Gasteiger partial charge in [0.15, 0.2) is 0 Å². The zero-order valence-electron chi connectivity index (χ0n) is 15.0. The van der Waals surface area contributed by atoms with Crippen molar-refractivity contribution < 1.29 is 9.53 Å². The molecule has 1 aliphatic heterocycles. The van der Waals surface area contributed by atoms with Crippen molar-refractivity contribution >= 4 is 5.91 Å². The number of ether oxygens (including phenoxy) is 1. The molecule has 4 rings (SSSR count). The van der Waals surface area contributed by atoms with Crippen molar-refractivity contribution in [1.29, 1.82) is 0 Å². The Balaban J connectivity index is 1.69. The van der Waals surface area contributed by atoms with E-state index in [9.17, 15) is 4.79 Å². The Morgan fingerprint density at radius 1 is 1.08 bits per heavy atom. The van der Waals surface area contributed by atoms with E-state index in [4.69, 9.17) is 4.74 Å². The number of hydrogen-bond donors (Lipinski definition) is 0. The average molecular weight is 345 g/mol. The van der Waals surface area contributed by atoms with Gasteiger partial charge in [0.05, 0.1) is 13.2 Å². The van der Waals surface area contributed by atoms with Crippen LogP contribution in [0.1, 0.15) is 30.0 Å². The summed E-state index contributed by atoms with van der Waals surface area (Å²) in [5.74, 6) is 1.22. The molecule has 1 saturated heterocycles. The highest BCUT2D eigenvalue weighted by molar-refractivity contribution is 5.95. The molecule has 1 amide bonds. The van der Waals surface area contributed by atoms with Gasteiger partial charge in [0.2, 0.25) is 0 Å². The van der Waals surface area contributed by atoms with Crippen molar-refractivity contribution in [3.05, 3.63) is 89.5 Å². The molecule has 0 aromatic heterocycles. The average Bonchev–Trinajstić information content (AvgIpc) is 2.71. The highest BCUT2D eigenvalue weighted by Gasteiger charge is 2.37. The van der Waals surface area contributed by atoms with Crippen LogP contribution < -0.4 is 4.74 Å². The number of allylic oxidation sites excluding steroid dienone is 3. The largest absolute Gasteiger partial charge is 0.497 e. The SMILES string of the molecule is COc1ccc(C2CC3C=CCC=C3C(=O)N2Cc2ccccc2)cc1. The summed E-state index contributed by atoms with van der Waals surface area (Å²) in [4.78, 5) is 15.3. The number of amides is 1. The van der Waals surface area contributed by atoms with Crippen molar-refractivity contribution in [2.75, 3.05) is 7.11 Å². The molecule has 3 heteroatoms. The number of hydrogen-bond acceptors (Lipinski definition) is 2. The molecule has 2 unspecified atom stereocenters. The normalized spacial score (nSPS) is 22.0. The summed E-state index contributed by atoms with van der Waals surface area (Å²) >= 11 is 0. The molecule has 0 spiro atoms. The van der Waals surface area contributed by atoms with Crippen LogP contribution >= 0.6 is 0 Å². The van der Waals surface area contributed by atoms with E-state index in [1.807, 2.05) is 35.2 Å². The van der Waals surface area contributed by atoms with Gasteiger partial charge >= 0.3 is 0 Å². The Bertz CT molecular complexity index is 836. The van der Waals surface area contributed by atoms with Crippen LogP contribution in [0.25, 0.3) is 0 Å². The molecule has 1 fully saturated rings. The first-order valence-corrected chi connectivity index (χ1v) is 9.12. The first-order valence-electron chi connectivity index (χ1n) is 9.12. The predicted molar refractivity (Wildman–Crippen MR) is 103 cm³/mol. The topological polar surface area (TPSA) is 29.5 Å². The van der Waals surface area contributed by atoms with Gasteiger partial charge in [0.1, 0.15) is 5.75 Å². The van der Waals surface area contributed by atoms with E-state index in [1.54, 1.807) is 7.11 Å². The molecule has 2 aliphatic rings. The van der Waals surface area contributed by atoms with Crippen LogP contribution in [0.4, 0.5) is 0 Å². The van der Waals surface area contributed by atoms with Crippen molar-refractivity contribution in [1.82, 2.24) is 4.90 Å². The molecular weight excluding hydrogens is 322 g/mol. The van der Waals surface area contributed by atoms with Gasteiger partial charge in [-0.1, -0.05) is 60.7 Å². The van der Waals surface area contributed by atoms with Gasteiger partial charge in [0.25, 0.3) is 5.91 Å². The van der Waals surface area contributed by atoms with Crippen molar-refractivity contribution in [3.8, 4) is 5.75 Å². The standard InChI is InChI=1S/C23H23NO2/c1-26-20-13-11-18(12-14-20)22-15-19-9-5-6-10-21(19)23(25)24(22)16-17-7-3-2-4-8-17/h2-5,7-14,19,22H,6,15-16H2,1H3. The fourth-order valence-corrected chi connectivity index (χ4v) is 3.92. The molecule has 0 radical (unpaired) electrons. The lowest BCUT2D eigenvalue weighted by molar-refractivity contribution is -0.133.